The second-order valence-electron chi connectivity index (χ2n) is 4.66. The zero-order chi connectivity index (χ0) is 14.8. The first-order chi connectivity index (χ1) is 10.2. The molecule has 1 aromatic carbocycles. The highest BCUT2D eigenvalue weighted by molar-refractivity contribution is 7.09. The van der Waals surface area contributed by atoms with Gasteiger partial charge in [0.2, 0.25) is 11.8 Å². The molecule has 108 valence electrons. The van der Waals surface area contributed by atoms with Gasteiger partial charge in [0.15, 0.2) is 0 Å². The quantitative estimate of drug-likeness (QED) is 0.743. The van der Waals surface area contributed by atoms with Crippen LogP contribution in [0.3, 0.4) is 0 Å². The predicted molar refractivity (Wildman–Crippen MR) is 81.5 cm³/mol. The summed E-state index contributed by atoms with van der Waals surface area (Å²) in [6.45, 7) is 4.10. The maximum absolute atomic E-state index is 12.3. The molecule has 3 aromatic rings. The average Bonchev–Trinajstić information content (AvgIpc) is 3.04. The van der Waals surface area contributed by atoms with E-state index >= 15 is 0 Å². The maximum Gasteiger partial charge on any atom is 0.308 e. The summed E-state index contributed by atoms with van der Waals surface area (Å²) in [7, 11) is 0. The first kappa shape index (κ1) is 13.8. The van der Waals surface area contributed by atoms with Crippen molar-refractivity contribution in [2.75, 3.05) is 0 Å². The van der Waals surface area contributed by atoms with Crippen molar-refractivity contribution in [3.8, 4) is 11.3 Å². The van der Waals surface area contributed by atoms with Crippen LogP contribution in [0.5, 0.6) is 0 Å². The van der Waals surface area contributed by atoms with Gasteiger partial charge in [-0.15, -0.1) is 10.2 Å². The molecule has 0 unspecified atom stereocenters. The summed E-state index contributed by atoms with van der Waals surface area (Å²) in [6.07, 6.45) is 0.819. The summed E-state index contributed by atoms with van der Waals surface area (Å²) in [5.41, 5.74) is 1.98. The van der Waals surface area contributed by atoms with Crippen LogP contribution in [0, 0.1) is 6.92 Å². The lowest BCUT2D eigenvalue weighted by atomic mass is 10.1. The van der Waals surface area contributed by atoms with Crippen LogP contribution in [-0.2, 0) is 13.0 Å². The molecule has 0 atom stereocenters. The topological polar surface area (TPSA) is 60.9 Å². The van der Waals surface area contributed by atoms with Gasteiger partial charge in [-0.2, -0.15) is 0 Å². The second-order valence-corrected chi connectivity index (χ2v) is 5.71. The molecule has 0 radical (unpaired) electrons. The van der Waals surface area contributed by atoms with Crippen LogP contribution in [0.4, 0.5) is 0 Å². The summed E-state index contributed by atoms with van der Waals surface area (Å²) in [5, 5.41) is 7.79. The SMILES string of the molecule is CCc1sc(=O)n(Cc2nnc(C)o2)c1-c1ccccc1. The Hall–Kier alpha value is -2.21. The third-order valence-corrected chi connectivity index (χ3v) is 4.32. The second kappa shape index (κ2) is 5.65. The number of hydrogen-bond acceptors (Lipinski definition) is 5. The number of aromatic nitrogens is 3. The molecule has 6 heteroatoms. The lowest BCUT2D eigenvalue weighted by Gasteiger charge is -2.07. The van der Waals surface area contributed by atoms with Gasteiger partial charge in [0.1, 0.15) is 6.54 Å². The summed E-state index contributed by atoms with van der Waals surface area (Å²) in [4.78, 5) is 13.4. The molecule has 21 heavy (non-hydrogen) atoms. The van der Waals surface area contributed by atoms with Gasteiger partial charge in [-0.25, -0.2) is 0 Å². The van der Waals surface area contributed by atoms with Crippen molar-refractivity contribution in [3.05, 3.63) is 56.7 Å². The maximum atomic E-state index is 12.3. The molecular formula is C15H15N3O2S. The molecule has 0 fully saturated rings. The fraction of sp³-hybridized carbons (Fsp3) is 0.267. The third kappa shape index (κ3) is 2.67. The number of thiazole rings is 1. The van der Waals surface area contributed by atoms with Crippen molar-refractivity contribution < 1.29 is 4.42 Å². The minimum absolute atomic E-state index is 0.00144. The van der Waals surface area contributed by atoms with Crippen molar-refractivity contribution in [1.82, 2.24) is 14.8 Å². The van der Waals surface area contributed by atoms with Crippen LogP contribution in [0.2, 0.25) is 0 Å². The molecule has 0 bridgehead atoms. The molecular weight excluding hydrogens is 286 g/mol. The Morgan fingerprint density at radius 2 is 2.00 bits per heavy atom. The van der Waals surface area contributed by atoms with E-state index in [1.54, 1.807) is 11.5 Å². The van der Waals surface area contributed by atoms with Gasteiger partial charge < -0.3 is 4.42 Å². The van der Waals surface area contributed by atoms with Crippen molar-refractivity contribution in [2.24, 2.45) is 0 Å². The van der Waals surface area contributed by atoms with Crippen LogP contribution in [-0.4, -0.2) is 14.8 Å². The van der Waals surface area contributed by atoms with Crippen LogP contribution in [0.25, 0.3) is 11.3 Å². The monoisotopic (exact) mass is 301 g/mol. The summed E-state index contributed by atoms with van der Waals surface area (Å²) >= 11 is 1.28. The van der Waals surface area contributed by atoms with Gasteiger partial charge in [0.05, 0.1) is 5.69 Å². The Bertz CT molecular complexity index is 802. The standard InChI is InChI=1S/C15H15N3O2S/c1-3-12-14(11-7-5-4-6-8-11)18(15(19)21-12)9-13-17-16-10(2)20-13/h4-8H,3,9H2,1-2H3. The molecule has 0 saturated heterocycles. The number of benzene rings is 1. The predicted octanol–water partition coefficient (Wildman–Crippen LogP) is 2.88. The summed E-state index contributed by atoms with van der Waals surface area (Å²) in [5.74, 6) is 0.956. The Morgan fingerprint density at radius 1 is 1.24 bits per heavy atom. The van der Waals surface area contributed by atoms with E-state index in [0.717, 1.165) is 22.6 Å². The van der Waals surface area contributed by atoms with Gasteiger partial charge in [0.25, 0.3) is 0 Å². The molecule has 0 aliphatic heterocycles. The molecule has 5 nitrogen and oxygen atoms in total. The van der Waals surface area contributed by atoms with Crippen LogP contribution in [0.15, 0.2) is 39.5 Å². The highest BCUT2D eigenvalue weighted by atomic mass is 32.1. The molecule has 0 aliphatic rings. The normalized spacial score (nSPS) is 11.0. The Labute approximate surface area is 125 Å². The van der Waals surface area contributed by atoms with E-state index in [2.05, 4.69) is 17.1 Å². The fourth-order valence-electron chi connectivity index (χ4n) is 2.28. The van der Waals surface area contributed by atoms with Gasteiger partial charge >= 0.3 is 4.87 Å². The van der Waals surface area contributed by atoms with Gasteiger partial charge in [-0.1, -0.05) is 48.6 Å². The molecule has 3 rings (SSSR count). The minimum atomic E-state index is 0.00144. The van der Waals surface area contributed by atoms with E-state index in [0.29, 0.717) is 18.3 Å². The van der Waals surface area contributed by atoms with Crippen molar-refractivity contribution >= 4 is 11.3 Å². The smallest absolute Gasteiger partial charge is 0.308 e. The molecule has 2 heterocycles. The van der Waals surface area contributed by atoms with E-state index in [9.17, 15) is 4.79 Å². The third-order valence-electron chi connectivity index (χ3n) is 3.19. The molecule has 0 amide bonds. The van der Waals surface area contributed by atoms with E-state index in [4.69, 9.17) is 4.42 Å². The van der Waals surface area contributed by atoms with E-state index in [1.165, 1.54) is 11.3 Å². The Morgan fingerprint density at radius 3 is 2.62 bits per heavy atom. The molecule has 0 N–H and O–H groups in total. The number of rotatable bonds is 4. The van der Waals surface area contributed by atoms with E-state index < -0.39 is 0 Å². The van der Waals surface area contributed by atoms with Crippen molar-refractivity contribution in [3.63, 3.8) is 0 Å². The first-order valence-electron chi connectivity index (χ1n) is 6.76. The highest BCUT2D eigenvalue weighted by Gasteiger charge is 2.17. The largest absolute Gasteiger partial charge is 0.424 e. The van der Waals surface area contributed by atoms with E-state index in [1.807, 2.05) is 30.3 Å². The van der Waals surface area contributed by atoms with Gasteiger partial charge in [0, 0.05) is 11.8 Å². The molecule has 0 aliphatic carbocycles. The molecule has 2 aromatic heterocycles. The molecule has 0 saturated carbocycles. The molecule has 0 spiro atoms. The van der Waals surface area contributed by atoms with Gasteiger partial charge in [-0.3, -0.25) is 9.36 Å². The number of nitrogens with zero attached hydrogens (tertiary/aromatic N) is 3. The summed E-state index contributed by atoms with van der Waals surface area (Å²) < 4.78 is 7.11. The van der Waals surface area contributed by atoms with Crippen LogP contribution >= 0.6 is 11.3 Å². The van der Waals surface area contributed by atoms with Crippen LogP contribution < -0.4 is 4.87 Å². The lowest BCUT2D eigenvalue weighted by molar-refractivity contribution is 0.454. The Balaban J connectivity index is 2.11. The highest BCUT2D eigenvalue weighted by Crippen LogP contribution is 2.26. The summed E-state index contributed by atoms with van der Waals surface area (Å²) in [6, 6.07) is 9.92. The fourth-order valence-corrected chi connectivity index (χ4v) is 3.23. The van der Waals surface area contributed by atoms with Crippen molar-refractivity contribution in [1.29, 1.82) is 0 Å². The van der Waals surface area contributed by atoms with Crippen molar-refractivity contribution in [2.45, 2.75) is 26.8 Å². The Kier molecular flexibility index (Phi) is 3.70. The average molecular weight is 301 g/mol. The number of hydrogen-bond donors (Lipinski definition) is 0. The minimum Gasteiger partial charge on any atom is -0.424 e. The number of aryl methyl sites for hydroxylation is 2. The van der Waals surface area contributed by atoms with Crippen LogP contribution in [0.1, 0.15) is 23.6 Å². The lowest BCUT2D eigenvalue weighted by Crippen LogP contribution is -2.15. The zero-order valence-corrected chi connectivity index (χ0v) is 12.7. The van der Waals surface area contributed by atoms with Gasteiger partial charge in [-0.05, 0) is 12.0 Å². The first-order valence-corrected chi connectivity index (χ1v) is 7.57. The van der Waals surface area contributed by atoms with E-state index in [-0.39, 0.29) is 4.87 Å². The zero-order valence-electron chi connectivity index (χ0n) is 11.9.